The Labute approximate surface area is 102 Å². The van der Waals surface area contributed by atoms with Crippen LogP contribution in [0, 0.1) is 0 Å². The number of methoxy groups -OCH3 is 1. The van der Waals surface area contributed by atoms with Crippen molar-refractivity contribution in [2.75, 3.05) is 32.1 Å². The fraction of sp³-hybridized carbons (Fsp3) is 0.500. The van der Waals surface area contributed by atoms with Crippen molar-refractivity contribution in [3.8, 4) is 5.88 Å². The molecule has 0 spiro atoms. The molecule has 5 heteroatoms. The third kappa shape index (κ3) is 4.40. The molecule has 0 bridgehead atoms. The molecule has 1 heterocycles. The van der Waals surface area contributed by atoms with Crippen LogP contribution in [0.15, 0.2) is 18.3 Å². The lowest BCUT2D eigenvalue weighted by Gasteiger charge is -2.17. The Bertz CT molecular complexity index is 347. The summed E-state index contributed by atoms with van der Waals surface area (Å²) in [7, 11) is 1.56. The number of hydrogen-bond donors (Lipinski definition) is 1. The highest BCUT2D eigenvalue weighted by Gasteiger charge is 2.07. The molecule has 1 aromatic rings. The van der Waals surface area contributed by atoms with Crippen molar-refractivity contribution < 1.29 is 9.53 Å². The fourth-order valence-corrected chi connectivity index (χ4v) is 1.43. The Morgan fingerprint density at radius 3 is 2.59 bits per heavy atom. The average molecular weight is 237 g/mol. The van der Waals surface area contributed by atoms with E-state index in [2.05, 4.69) is 10.3 Å². The van der Waals surface area contributed by atoms with E-state index in [4.69, 9.17) is 4.74 Å². The smallest absolute Gasteiger partial charge is 0.238 e. The van der Waals surface area contributed by atoms with E-state index in [0.29, 0.717) is 18.1 Å². The molecule has 5 nitrogen and oxygen atoms in total. The van der Waals surface area contributed by atoms with Gasteiger partial charge in [-0.2, -0.15) is 0 Å². The van der Waals surface area contributed by atoms with Crippen LogP contribution in [0.4, 0.5) is 5.69 Å². The van der Waals surface area contributed by atoms with Crippen molar-refractivity contribution in [2.45, 2.75) is 13.8 Å². The summed E-state index contributed by atoms with van der Waals surface area (Å²) >= 11 is 0. The molecule has 1 amide bonds. The maximum absolute atomic E-state index is 11.7. The highest BCUT2D eigenvalue weighted by Crippen LogP contribution is 2.10. The number of aromatic nitrogens is 1. The van der Waals surface area contributed by atoms with Crippen LogP contribution >= 0.6 is 0 Å². The molecule has 0 saturated heterocycles. The predicted molar refractivity (Wildman–Crippen MR) is 67.2 cm³/mol. The lowest BCUT2D eigenvalue weighted by molar-refractivity contribution is -0.117. The van der Waals surface area contributed by atoms with Crippen molar-refractivity contribution in [2.24, 2.45) is 0 Å². The first-order valence-corrected chi connectivity index (χ1v) is 5.71. The zero-order valence-electron chi connectivity index (χ0n) is 10.6. The van der Waals surface area contributed by atoms with Crippen LogP contribution in [0.2, 0.25) is 0 Å². The summed E-state index contributed by atoms with van der Waals surface area (Å²) in [4.78, 5) is 17.8. The van der Waals surface area contributed by atoms with E-state index in [9.17, 15) is 4.79 Å². The van der Waals surface area contributed by atoms with Crippen LogP contribution in [0.3, 0.4) is 0 Å². The first-order chi connectivity index (χ1) is 8.19. The molecule has 1 aromatic heterocycles. The van der Waals surface area contributed by atoms with Gasteiger partial charge in [0.2, 0.25) is 11.8 Å². The molecule has 0 radical (unpaired) electrons. The largest absolute Gasteiger partial charge is 0.481 e. The minimum atomic E-state index is -0.0272. The lowest BCUT2D eigenvalue weighted by Crippen LogP contribution is -2.32. The predicted octanol–water partition coefficient (Wildman–Crippen LogP) is 1.37. The van der Waals surface area contributed by atoms with Gasteiger partial charge in [-0.05, 0) is 19.2 Å². The molecule has 0 aliphatic heterocycles. The normalized spacial score (nSPS) is 10.4. The molecule has 94 valence electrons. The number of ether oxygens (including phenoxy) is 1. The zero-order valence-corrected chi connectivity index (χ0v) is 10.6. The molecule has 0 unspecified atom stereocenters. The lowest BCUT2D eigenvalue weighted by atomic mass is 10.4. The third-order valence-corrected chi connectivity index (χ3v) is 2.49. The number of anilines is 1. The molecule has 0 fully saturated rings. The van der Waals surface area contributed by atoms with Gasteiger partial charge in [-0.1, -0.05) is 13.8 Å². The highest BCUT2D eigenvalue weighted by atomic mass is 16.5. The quantitative estimate of drug-likeness (QED) is 0.812. The van der Waals surface area contributed by atoms with Crippen molar-refractivity contribution in [3.05, 3.63) is 18.3 Å². The maximum Gasteiger partial charge on any atom is 0.238 e. The molecule has 17 heavy (non-hydrogen) atoms. The van der Waals surface area contributed by atoms with Crippen molar-refractivity contribution in [3.63, 3.8) is 0 Å². The summed E-state index contributed by atoms with van der Waals surface area (Å²) in [5.41, 5.74) is 0.683. The summed E-state index contributed by atoms with van der Waals surface area (Å²) < 4.78 is 4.94. The number of carbonyl (C=O) groups is 1. The monoisotopic (exact) mass is 237 g/mol. The number of hydrogen-bond acceptors (Lipinski definition) is 4. The zero-order chi connectivity index (χ0) is 12.7. The fourth-order valence-electron chi connectivity index (χ4n) is 1.43. The third-order valence-electron chi connectivity index (χ3n) is 2.49. The topological polar surface area (TPSA) is 54.5 Å². The average Bonchev–Trinajstić information content (AvgIpc) is 2.37. The van der Waals surface area contributed by atoms with E-state index < -0.39 is 0 Å². The minimum Gasteiger partial charge on any atom is -0.481 e. The first kappa shape index (κ1) is 13.4. The van der Waals surface area contributed by atoms with E-state index in [1.165, 1.54) is 0 Å². The van der Waals surface area contributed by atoms with E-state index in [1.807, 2.05) is 18.7 Å². The number of likely N-dealkylation sites (N-methyl/N-ethyl adjacent to an activating group) is 1. The van der Waals surface area contributed by atoms with Gasteiger partial charge >= 0.3 is 0 Å². The van der Waals surface area contributed by atoms with Crippen LogP contribution < -0.4 is 10.1 Å². The van der Waals surface area contributed by atoms with Gasteiger partial charge in [-0.25, -0.2) is 4.98 Å². The van der Waals surface area contributed by atoms with Gasteiger partial charge in [0.25, 0.3) is 0 Å². The summed E-state index contributed by atoms with van der Waals surface area (Å²) in [6.07, 6.45) is 1.58. The number of rotatable bonds is 6. The van der Waals surface area contributed by atoms with Crippen LogP contribution in [-0.4, -0.2) is 42.5 Å². The molecular weight excluding hydrogens is 218 g/mol. The molecule has 0 aliphatic carbocycles. The van der Waals surface area contributed by atoms with Gasteiger partial charge in [0.1, 0.15) is 0 Å². The van der Waals surface area contributed by atoms with Gasteiger partial charge in [0, 0.05) is 6.07 Å². The Hall–Kier alpha value is -1.62. The molecule has 0 aliphatic rings. The van der Waals surface area contributed by atoms with E-state index >= 15 is 0 Å². The minimum absolute atomic E-state index is 0.0272. The standard InChI is InChI=1S/C12H19N3O2/c1-4-15(5-2)9-11(16)14-10-6-7-12(17-3)13-8-10/h6-8H,4-5,9H2,1-3H3,(H,14,16). The van der Waals surface area contributed by atoms with Gasteiger partial charge in [-0.15, -0.1) is 0 Å². The van der Waals surface area contributed by atoms with Gasteiger partial charge in [0.05, 0.1) is 25.5 Å². The molecular formula is C12H19N3O2. The second-order valence-corrected chi connectivity index (χ2v) is 3.60. The number of amides is 1. The molecule has 0 atom stereocenters. The van der Waals surface area contributed by atoms with Gasteiger partial charge < -0.3 is 10.1 Å². The van der Waals surface area contributed by atoms with Crippen LogP contribution in [0.5, 0.6) is 5.88 Å². The van der Waals surface area contributed by atoms with Crippen LogP contribution in [0.25, 0.3) is 0 Å². The van der Waals surface area contributed by atoms with Crippen molar-refractivity contribution >= 4 is 11.6 Å². The molecule has 0 saturated carbocycles. The second-order valence-electron chi connectivity index (χ2n) is 3.60. The Kier molecular flexibility index (Phi) is 5.42. The van der Waals surface area contributed by atoms with E-state index in [1.54, 1.807) is 25.4 Å². The molecule has 1 N–H and O–H groups in total. The van der Waals surface area contributed by atoms with Crippen molar-refractivity contribution in [1.82, 2.24) is 9.88 Å². The van der Waals surface area contributed by atoms with Crippen LogP contribution in [0.1, 0.15) is 13.8 Å². The molecule has 0 aromatic carbocycles. The SMILES string of the molecule is CCN(CC)CC(=O)Nc1ccc(OC)nc1. The Morgan fingerprint density at radius 2 is 2.12 bits per heavy atom. The summed E-state index contributed by atoms with van der Waals surface area (Å²) in [6.45, 7) is 6.20. The molecule has 1 rings (SSSR count). The number of nitrogens with one attached hydrogen (secondary N) is 1. The van der Waals surface area contributed by atoms with Crippen molar-refractivity contribution in [1.29, 1.82) is 0 Å². The van der Waals surface area contributed by atoms with E-state index in [-0.39, 0.29) is 5.91 Å². The number of pyridine rings is 1. The van der Waals surface area contributed by atoms with E-state index in [0.717, 1.165) is 13.1 Å². The maximum atomic E-state index is 11.7. The summed E-state index contributed by atoms with van der Waals surface area (Å²) in [5, 5.41) is 2.79. The number of carbonyl (C=O) groups excluding carboxylic acids is 1. The first-order valence-electron chi connectivity index (χ1n) is 5.71. The highest BCUT2D eigenvalue weighted by molar-refractivity contribution is 5.92. The number of nitrogens with zero attached hydrogens (tertiary/aromatic N) is 2. The van der Waals surface area contributed by atoms with Crippen LogP contribution in [-0.2, 0) is 4.79 Å². The Balaban J connectivity index is 2.49. The second kappa shape index (κ2) is 6.85. The summed E-state index contributed by atoms with van der Waals surface area (Å²) in [6, 6.07) is 3.49. The van der Waals surface area contributed by atoms with Gasteiger partial charge in [0.15, 0.2) is 0 Å². The Morgan fingerprint density at radius 1 is 1.41 bits per heavy atom. The summed E-state index contributed by atoms with van der Waals surface area (Å²) in [5.74, 6) is 0.507. The van der Waals surface area contributed by atoms with Gasteiger partial charge in [-0.3, -0.25) is 9.69 Å².